The summed E-state index contributed by atoms with van der Waals surface area (Å²) in [5, 5.41) is 0. The maximum Gasteiger partial charge on any atom is 0.232 e. The van der Waals surface area contributed by atoms with Gasteiger partial charge in [-0.15, -0.1) is 0 Å². The number of carbonyl (C=O) groups excluding carboxylic acids is 2. The summed E-state index contributed by atoms with van der Waals surface area (Å²) in [6.45, 7) is 0.607. The van der Waals surface area contributed by atoms with Gasteiger partial charge in [0.15, 0.2) is 0 Å². The van der Waals surface area contributed by atoms with Gasteiger partial charge < -0.3 is 10.6 Å². The third kappa shape index (κ3) is 5.43. The van der Waals surface area contributed by atoms with Gasteiger partial charge in [0.05, 0.1) is 12.1 Å². The first-order chi connectivity index (χ1) is 8.59. The van der Waals surface area contributed by atoms with Gasteiger partial charge in [-0.3, -0.25) is 14.6 Å². The van der Waals surface area contributed by atoms with Crippen molar-refractivity contribution in [3.05, 3.63) is 36.5 Å². The SMILES string of the molecule is CN(CCCCC(N)=O)C(=O)[CH]c1ccccn1. The molecule has 5 heteroatoms. The van der Waals surface area contributed by atoms with Crippen LogP contribution in [0.3, 0.4) is 0 Å². The van der Waals surface area contributed by atoms with Crippen molar-refractivity contribution < 1.29 is 9.59 Å². The van der Waals surface area contributed by atoms with Crippen LogP contribution in [-0.2, 0) is 9.59 Å². The Kier molecular flexibility index (Phi) is 5.84. The zero-order valence-corrected chi connectivity index (χ0v) is 10.5. The highest BCUT2D eigenvalue weighted by Crippen LogP contribution is 2.03. The lowest BCUT2D eigenvalue weighted by molar-refractivity contribution is -0.126. The van der Waals surface area contributed by atoms with Gasteiger partial charge in [-0.1, -0.05) is 6.07 Å². The largest absolute Gasteiger partial charge is 0.370 e. The summed E-state index contributed by atoms with van der Waals surface area (Å²) in [5.41, 5.74) is 5.68. The minimum Gasteiger partial charge on any atom is -0.370 e. The van der Waals surface area contributed by atoms with Crippen molar-refractivity contribution in [3.8, 4) is 0 Å². The molecule has 0 aliphatic rings. The number of amides is 2. The van der Waals surface area contributed by atoms with E-state index in [9.17, 15) is 9.59 Å². The summed E-state index contributed by atoms with van der Waals surface area (Å²) >= 11 is 0. The number of likely N-dealkylation sites (N-methyl/N-ethyl adjacent to an activating group) is 1. The molecular formula is C13H18N3O2. The van der Waals surface area contributed by atoms with Gasteiger partial charge in [-0.05, 0) is 25.0 Å². The Bertz CT molecular complexity index is 392. The topological polar surface area (TPSA) is 76.3 Å². The molecule has 0 aliphatic heterocycles. The molecule has 0 unspecified atom stereocenters. The fraction of sp³-hybridized carbons (Fsp3) is 0.385. The van der Waals surface area contributed by atoms with Crippen LogP contribution >= 0.6 is 0 Å². The molecule has 0 spiro atoms. The van der Waals surface area contributed by atoms with E-state index in [1.807, 2.05) is 6.07 Å². The number of unbranched alkanes of at least 4 members (excludes halogenated alkanes) is 1. The Morgan fingerprint density at radius 2 is 2.17 bits per heavy atom. The molecule has 2 N–H and O–H groups in total. The normalized spacial score (nSPS) is 10.1. The lowest BCUT2D eigenvalue weighted by Gasteiger charge is -2.16. The summed E-state index contributed by atoms with van der Waals surface area (Å²) < 4.78 is 0. The van der Waals surface area contributed by atoms with Crippen molar-refractivity contribution in [2.75, 3.05) is 13.6 Å². The van der Waals surface area contributed by atoms with E-state index in [0.717, 1.165) is 6.42 Å². The van der Waals surface area contributed by atoms with E-state index in [4.69, 9.17) is 5.73 Å². The molecule has 18 heavy (non-hydrogen) atoms. The van der Waals surface area contributed by atoms with Crippen LogP contribution in [0.15, 0.2) is 24.4 Å². The van der Waals surface area contributed by atoms with Gasteiger partial charge in [0.25, 0.3) is 0 Å². The number of hydrogen-bond donors (Lipinski definition) is 1. The number of pyridine rings is 1. The van der Waals surface area contributed by atoms with Gasteiger partial charge in [0, 0.05) is 26.2 Å². The van der Waals surface area contributed by atoms with Crippen LogP contribution < -0.4 is 5.73 Å². The van der Waals surface area contributed by atoms with Crippen LogP contribution in [0.5, 0.6) is 0 Å². The van der Waals surface area contributed by atoms with Crippen LogP contribution in [0.4, 0.5) is 0 Å². The number of hydrogen-bond acceptors (Lipinski definition) is 3. The first-order valence-electron chi connectivity index (χ1n) is 5.89. The molecule has 0 aromatic carbocycles. The second-order valence-electron chi connectivity index (χ2n) is 4.08. The number of rotatable bonds is 7. The summed E-state index contributed by atoms with van der Waals surface area (Å²) in [4.78, 5) is 28.0. The van der Waals surface area contributed by atoms with Crippen molar-refractivity contribution in [2.45, 2.75) is 19.3 Å². The molecule has 0 aliphatic carbocycles. The Morgan fingerprint density at radius 1 is 1.39 bits per heavy atom. The molecule has 1 aromatic heterocycles. The second kappa shape index (κ2) is 7.42. The predicted molar refractivity (Wildman–Crippen MR) is 68.3 cm³/mol. The molecule has 97 valence electrons. The van der Waals surface area contributed by atoms with E-state index in [1.165, 1.54) is 6.42 Å². The summed E-state index contributed by atoms with van der Waals surface area (Å²) in [7, 11) is 1.73. The highest BCUT2D eigenvalue weighted by atomic mass is 16.2. The van der Waals surface area contributed by atoms with E-state index in [-0.39, 0.29) is 11.8 Å². The monoisotopic (exact) mass is 248 g/mol. The van der Waals surface area contributed by atoms with E-state index in [0.29, 0.717) is 25.1 Å². The van der Waals surface area contributed by atoms with E-state index in [2.05, 4.69) is 4.98 Å². The van der Waals surface area contributed by atoms with Gasteiger partial charge in [-0.25, -0.2) is 0 Å². The van der Waals surface area contributed by atoms with Crippen LogP contribution in [0.2, 0.25) is 0 Å². The number of carbonyl (C=O) groups is 2. The summed E-state index contributed by atoms with van der Waals surface area (Å²) in [6, 6.07) is 5.41. The standard InChI is InChI=1S/C13H18N3O2/c1-16(9-5-3-7-12(14)17)13(18)10-11-6-2-4-8-15-11/h2,4,6,8,10H,3,5,7,9H2,1H3,(H2,14,17). The molecule has 1 radical (unpaired) electrons. The number of primary amides is 1. The Balaban J connectivity index is 2.27. The molecule has 0 saturated heterocycles. The molecule has 0 atom stereocenters. The molecule has 1 heterocycles. The smallest absolute Gasteiger partial charge is 0.232 e. The minimum atomic E-state index is -0.302. The van der Waals surface area contributed by atoms with Crippen molar-refractivity contribution in [3.63, 3.8) is 0 Å². The molecule has 0 saturated carbocycles. The first-order valence-corrected chi connectivity index (χ1v) is 5.89. The number of aromatic nitrogens is 1. The van der Waals surface area contributed by atoms with E-state index >= 15 is 0 Å². The first kappa shape index (κ1) is 14.2. The Morgan fingerprint density at radius 3 is 2.78 bits per heavy atom. The number of nitrogens with zero attached hydrogens (tertiary/aromatic N) is 2. The average molecular weight is 248 g/mol. The van der Waals surface area contributed by atoms with Gasteiger partial charge in [-0.2, -0.15) is 0 Å². The molecule has 2 amide bonds. The van der Waals surface area contributed by atoms with E-state index < -0.39 is 0 Å². The molecule has 5 nitrogen and oxygen atoms in total. The van der Waals surface area contributed by atoms with Crippen LogP contribution in [-0.4, -0.2) is 35.3 Å². The minimum absolute atomic E-state index is 0.0900. The molecule has 1 rings (SSSR count). The van der Waals surface area contributed by atoms with Gasteiger partial charge >= 0.3 is 0 Å². The third-order valence-electron chi connectivity index (χ3n) is 2.50. The zero-order valence-electron chi connectivity index (χ0n) is 10.5. The van der Waals surface area contributed by atoms with Crippen molar-refractivity contribution >= 4 is 11.8 Å². The highest BCUT2D eigenvalue weighted by molar-refractivity contribution is 5.87. The quantitative estimate of drug-likeness (QED) is 0.723. The molecule has 0 bridgehead atoms. The molecule has 1 aromatic rings. The summed E-state index contributed by atoms with van der Waals surface area (Å²) in [6.07, 6.45) is 4.98. The van der Waals surface area contributed by atoms with Gasteiger partial charge in [0.1, 0.15) is 0 Å². The molecular weight excluding hydrogens is 230 g/mol. The predicted octanol–water partition coefficient (Wildman–Crippen LogP) is 0.748. The zero-order chi connectivity index (χ0) is 13.4. The Labute approximate surface area is 107 Å². The number of nitrogens with two attached hydrogens (primary N) is 1. The van der Waals surface area contributed by atoms with E-state index in [1.54, 1.807) is 30.3 Å². The third-order valence-corrected chi connectivity index (χ3v) is 2.50. The second-order valence-corrected chi connectivity index (χ2v) is 4.08. The van der Waals surface area contributed by atoms with Crippen molar-refractivity contribution in [1.82, 2.24) is 9.88 Å². The maximum atomic E-state index is 11.8. The van der Waals surface area contributed by atoms with Gasteiger partial charge in [0.2, 0.25) is 11.8 Å². The average Bonchev–Trinajstić information content (AvgIpc) is 2.35. The lowest BCUT2D eigenvalue weighted by atomic mass is 10.2. The van der Waals surface area contributed by atoms with Crippen LogP contribution in [0.25, 0.3) is 0 Å². The molecule has 0 fully saturated rings. The van der Waals surface area contributed by atoms with Crippen molar-refractivity contribution in [1.29, 1.82) is 0 Å². The lowest BCUT2D eigenvalue weighted by Crippen LogP contribution is -2.28. The van der Waals surface area contributed by atoms with Crippen molar-refractivity contribution in [2.24, 2.45) is 5.73 Å². The van der Waals surface area contributed by atoms with Crippen LogP contribution in [0, 0.1) is 6.42 Å². The van der Waals surface area contributed by atoms with Crippen LogP contribution in [0.1, 0.15) is 25.0 Å². The summed E-state index contributed by atoms with van der Waals surface area (Å²) in [5.74, 6) is -0.392. The fourth-order valence-corrected chi connectivity index (χ4v) is 1.46. The fourth-order valence-electron chi connectivity index (χ4n) is 1.46. The highest BCUT2D eigenvalue weighted by Gasteiger charge is 2.10. The maximum absolute atomic E-state index is 11.8. The Hall–Kier alpha value is -1.91.